The van der Waals surface area contributed by atoms with E-state index in [0.717, 1.165) is 28.8 Å². The van der Waals surface area contributed by atoms with Crippen LogP contribution in [0.15, 0.2) is 21.7 Å². The molecule has 1 unspecified atom stereocenters. The number of carbonyl (C=O) groups is 1. The highest BCUT2D eigenvalue weighted by atomic mass is 32.2. The van der Waals surface area contributed by atoms with E-state index < -0.39 is 17.5 Å². The first-order chi connectivity index (χ1) is 14.9. The molecular weight excluding hydrogens is 426 g/mol. The standard InChI is InChI=1S/C24H31N3O4S/c1-12(2)9-16-17-21(27-23(25-16)32-8)31-20(26-17)15-10-13(3)18(14(4)11-15)30-19(22(28)29)24(5,6)7/h10-12,19H,9H2,1-8H3,(H,28,29). The first kappa shape index (κ1) is 24.0. The molecule has 32 heavy (non-hydrogen) atoms. The average Bonchev–Trinajstić information content (AvgIpc) is 3.09. The molecule has 2 heterocycles. The van der Waals surface area contributed by atoms with Crippen LogP contribution in [-0.2, 0) is 11.2 Å². The third kappa shape index (κ3) is 5.06. The molecule has 3 aromatic rings. The zero-order valence-corrected chi connectivity index (χ0v) is 20.8. The van der Waals surface area contributed by atoms with Crippen molar-refractivity contribution in [3.63, 3.8) is 0 Å². The summed E-state index contributed by atoms with van der Waals surface area (Å²) in [5.74, 6) is 0.465. The number of benzene rings is 1. The number of hydrogen-bond acceptors (Lipinski definition) is 7. The van der Waals surface area contributed by atoms with Gasteiger partial charge >= 0.3 is 5.97 Å². The number of nitrogens with zero attached hydrogens (tertiary/aromatic N) is 3. The molecule has 2 aromatic heterocycles. The molecule has 0 aliphatic carbocycles. The smallest absolute Gasteiger partial charge is 0.345 e. The Kier molecular flexibility index (Phi) is 6.83. The Hall–Kier alpha value is -2.61. The van der Waals surface area contributed by atoms with E-state index in [9.17, 15) is 9.90 Å². The number of aryl methyl sites for hydroxylation is 2. The largest absolute Gasteiger partial charge is 0.478 e. The molecule has 1 aromatic carbocycles. The molecule has 8 heteroatoms. The van der Waals surface area contributed by atoms with E-state index in [1.165, 1.54) is 11.8 Å². The molecule has 0 aliphatic heterocycles. The van der Waals surface area contributed by atoms with Gasteiger partial charge < -0.3 is 14.3 Å². The number of aromatic nitrogens is 3. The van der Waals surface area contributed by atoms with Crippen molar-refractivity contribution < 1.29 is 19.1 Å². The Morgan fingerprint density at radius 3 is 2.28 bits per heavy atom. The maximum absolute atomic E-state index is 11.8. The zero-order chi connectivity index (χ0) is 23.8. The Bertz CT molecular complexity index is 1130. The van der Waals surface area contributed by atoms with Crippen LogP contribution in [-0.4, -0.2) is 38.4 Å². The maximum atomic E-state index is 11.8. The fourth-order valence-corrected chi connectivity index (χ4v) is 3.95. The molecule has 0 aliphatic rings. The Morgan fingerprint density at radius 1 is 1.16 bits per heavy atom. The van der Waals surface area contributed by atoms with E-state index in [1.54, 1.807) is 0 Å². The summed E-state index contributed by atoms with van der Waals surface area (Å²) >= 11 is 1.47. The van der Waals surface area contributed by atoms with Crippen molar-refractivity contribution in [3.8, 4) is 17.2 Å². The molecule has 3 rings (SSSR count). The SMILES string of the molecule is CSc1nc(CC(C)C)c2nc(-c3cc(C)c(OC(C(=O)O)C(C)(C)C)c(C)c3)oc2n1. The molecule has 0 spiro atoms. The molecule has 7 nitrogen and oxygen atoms in total. The van der Waals surface area contributed by atoms with Gasteiger partial charge in [0, 0.05) is 11.0 Å². The number of aliphatic carboxylic acids is 1. The minimum absolute atomic E-state index is 0.425. The van der Waals surface area contributed by atoms with Crippen LogP contribution in [0.25, 0.3) is 22.7 Å². The van der Waals surface area contributed by atoms with E-state index in [2.05, 4.69) is 23.8 Å². The van der Waals surface area contributed by atoms with Gasteiger partial charge in [-0.15, -0.1) is 0 Å². The van der Waals surface area contributed by atoms with Crippen LogP contribution in [0.1, 0.15) is 51.4 Å². The zero-order valence-electron chi connectivity index (χ0n) is 19.9. The molecule has 0 amide bonds. The van der Waals surface area contributed by atoms with Crippen molar-refractivity contribution in [1.82, 2.24) is 15.0 Å². The minimum Gasteiger partial charge on any atom is -0.478 e. The molecular formula is C24H31N3O4S. The van der Waals surface area contributed by atoms with Crippen molar-refractivity contribution in [2.45, 2.75) is 66.1 Å². The molecule has 0 saturated carbocycles. The normalized spacial score (nSPS) is 13.0. The highest BCUT2D eigenvalue weighted by Crippen LogP contribution is 2.35. The van der Waals surface area contributed by atoms with Gasteiger partial charge in [-0.25, -0.2) is 14.8 Å². The van der Waals surface area contributed by atoms with Gasteiger partial charge in [-0.1, -0.05) is 46.4 Å². The topological polar surface area (TPSA) is 98.3 Å². The average molecular weight is 458 g/mol. The monoisotopic (exact) mass is 457 g/mol. The summed E-state index contributed by atoms with van der Waals surface area (Å²) in [5.41, 5.74) is 3.91. The van der Waals surface area contributed by atoms with Gasteiger partial charge in [0.2, 0.25) is 5.89 Å². The predicted molar refractivity (Wildman–Crippen MR) is 126 cm³/mol. The fourth-order valence-electron chi connectivity index (χ4n) is 3.57. The van der Waals surface area contributed by atoms with Gasteiger partial charge in [0.25, 0.3) is 5.71 Å². The van der Waals surface area contributed by atoms with E-state index in [0.29, 0.717) is 33.9 Å². The molecule has 0 saturated heterocycles. The lowest BCUT2D eigenvalue weighted by atomic mass is 9.89. The molecule has 0 radical (unpaired) electrons. The van der Waals surface area contributed by atoms with Gasteiger partial charge in [-0.3, -0.25) is 0 Å². The first-order valence-corrected chi connectivity index (χ1v) is 11.9. The summed E-state index contributed by atoms with van der Waals surface area (Å²) in [7, 11) is 0. The summed E-state index contributed by atoms with van der Waals surface area (Å²) in [6.07, 6.45) is 1.76. The third-order valence-electron chi connectivity index (χ3n) is 5.05. The molecule has 0 fully saturated rings. The Balaban J connectivity index is 2.04. The molecule has 0 bridgehead atoms. The first-order valence-electron chi connectivity index (χ1n) is 10.6. The van der Waals surface area contributed by atoms with Crippen molar-refractivity contribution in [2.24, 2.45) is 11.3 Å². The van der Waals surface area contributed by atoms with Gasteiger partial charge in [-0.2, -0.15) is 4.98 Å². The van der Waals surface area contributed by atoms with Gasteiger partial charge in [0.05, 0.1) is 5.69 Å². The Labute approximate surface area is 193 Å². The van der Waals surface area contributed by atoms with Crippen molar-refractivity contribution >= 4 is 29.0 Å². The third-order valence-corrected chi connectivity index (χ3v) is 5.60. The van der Waals surface area contributed by atoms with Crippen molar-refractivity contribution in [3.05, 3.63) is 29.0 Å². The van der Waals surface area contributed by atoms with E-state index in [1.807, 2.05) is 53.0 Å². The number of rotatable bonds is 7. The van der Waals surface area contributed by atoms with Gasteiger partial charge in [0.15, 0.2) is 16.8 Å². The molecule has 1 atom stereocenters. The quantitative estimate of drug-likeness (QED) is 0.356. The lowest BCUT2D eigenvalue weighted by Crippen LogP contribution is -2.39. The van der Waals surface area contributed by atoms with Gasteiger partial charge in [-0.05, 0) is 55.7 Å². The van der Waals surface area contributed by atoms with Crippen LogP contribution in [0, 0.1) is 25.2 Å². The highest BCUT2D eigenvalue weighted by molar-refractivity contribution is 7.98. The van der Waals surface area contributed by atoms with Crippen LogP contribution >= 0.6 is 11.8 Å². The predicted octanol–water partition coefficient (Wildman–Crippen LogP) is 5.70. The van der Waals surface area contributed by atoms with Crippen LogP contribution in [0.3, 0.4) is 0 Å². The number of thioether (sulfide) groups is 1. The number of carboxylic acids is 1. The van der Waals surface area contributed by atoms with Crippen molar-refractivity contribution in [1.29, 1.82) is 0 Å². The van der Waals surface area contributed by atoms with Gasteiger partial charge in [0.1, 0.15) is 5.75 Å². The number of fused-ring (bicyclic) bond motifs is 1. The number of oxazole rings is 1. The van der Waals surface area contributed by atoms with Crippen LogP contribution in [0.5, 0.6) is 5.75 Å². The minimum atomic E-state index is -0.986. The van der Waals surface area contributed by atoms with Crippen LogP contribution in [0.4, 0.5) is 0 Å². The number of ether oxygens (including phenoxy) is 1. The highest BCUT2D eigenvalue weighted by Gasteiger charge is 2.34. The fraction of sp³-hybridized carbons (Fsp3) is 0.500. The molecule has 1 N–H and O–H groups in total. The lowest BCUT2D eigenvalue weighted by Gasteiger charge is -2.29. The summed E-state index contributed by atoms with van der Waals surface area (Å²) in [4.78, 5) is 25.6. The van der Waals surface area contributed by atoms with Crippen molar-refractivity contribution in [2.75, 3.05) is 6.26 Å². The van der Waals surface area contributed by atoms with E-state index >= 15 is 0 Å². The number of carboxylic acid groups (broad SMARTS) is 1. The summed E-state index contributed by atoms with van der Waals surface area (Å²) in [6.45, 7) is 13.6. The summed E-state index contributed by atoms with van der Waals surface area (Å²) in [5, 5.41) is 10.3. The van der Waals surface area contributed by atoms with E-state index in [-0.39, 0.29) is 0 Å². The maximum Gasteiger partial charge on any atom is 0.345 e. The van der Waals surface area contributed by atoms with Crippen LogP contribution in [0.2, 0.25) is 0 Å². The lowest BCUT2D eigenvalue weighted by molar-refractivity contribution is -0.150. The second-order valence-electron chi connectivity index (χ2n) is 9.57. The van der Waals surface area contributed by atoms with Crippen LogP contribution < -0.4 is 4.74 Å². The number of hydrogen-bond donors (Lipinski definition) is 1. The second-order valence-corrected chi connectivity index (χ2v) is 10.3. The summed E-state index contributed by atoms with van der Waals surface area (Å²) < 4.78 is 12.0. The van der Waals surface area contributed by atoms with E-state index in [4.69, 9.17) is 14.1 Å². The molecule has 172 valence electrons. The second kappa shape index (κ2) is 9.10. The summed E-state index contributed by atoms with van der Waals surface area (Å²) in [6, 6.07) is 3.80. The Morgan fingerprint density at radius 2 is 1.78 bits per heavy atom.